The molecule has 7 heteroatoms. The molecule has 5 nitrogen and oxygen atoms in total. The Morgan fingerprint density at radius 2 is 1.37 bits per heavy atom. The molecule has 3 rings (SSSR count). The first kappa shape index (κ1) is 18.8. The number of piperazine rings is 1. The lowest BCUT2D eigenvalue weighted by molar-refractivity contribution is -0.140. The summed E-state index contributed by atoms with van der Waals surface area (Å²) >= 11 is 0. The Bertz CT molecular complexity index is 820. The number of rotatable bonds is 5. The predicted molar refractivity (Wildman–Crippen MR) is 95.2 cm³/mol. The molecule has 1 fully saturated rings. The van der Waals surface area contributed by atoms with Crippen LogP contribution in [-0.4, -0.2) is 54.4 Å². The van der Waals surface area contributed by atoms with E-state index in [2.05, 4.69) is 0 Å². The molecule has 0 aliphatic carbocycles. The summed E-state index contributed by atoms with van der Waals surface area (Å²) in [5, 5.41) is 0. The molecule has 1 saturated heterocycles. The van der Waals surface area contributed by atoms with E-state index >= 15 is 0 Å². The minimum Gasteiger partial charge on any atom is -0.481 e. The van der Waals surface area contributed by atoms with E-state index in [9.17, 15) is 18.4 Å². The van der Waals surface area contributed by atoms with Crippen molar-refractivity contribution in [2.45, 2.75) is 6.42 Å². The maximum atomic E-state index is 13.7. The van der Waals surface area contributed by atoms with Gasteiger partial charge in [0.15, 0.2) is 18.2 Å². The first-order valence-electron chi connectivity index (χ1n) is 8.71. The predicted octanol–water partition coefficient (Wildman–Crippen LogP) is 2.26. The molecule has 2 amide bonds. The van der Waals surface area contributed by atoms with Crippen molar-refractivity contribution in [3.63, 3.8) is 0 Å². The minimum absolute atomic E-state index is 0.00296. The maximum Gasteiger partial charge on any atom is 0.260 e. The van der Waals surface area contributed by atoms with Gasteiger partial charge in [-0.05, 0) is 23.8 Å². The molecule has 1 aliphatic heterocycles. The Hall–Kier alpha value is -2.96. The highest BCUT2D eigenvalue weighted by molar-refractivity contribution is 5.80. The lowest BCUT2D eigenvalue weighted by Crippen LogP contribution is -2.52. The molecule has 0 unspecified atom stereocenters. The topological polar surface area (TPSA) is 49.9 Å². The molecular weight excluding hydrogens is 354 g/mol. The summed E-state index contributed by atoms with van der Waals surface area (Å²) < 4.78 is 32.4. The molecule has 0 atom stereocenters. The molecule has 0 radical (unpaired) electrons. The van der Waals surface area contributed by atoms with Gasteiger partial charge in [-0.2, -0.15) is 0 Å². The van der Waals surface area contributed by atoms with E-state index in [1.165, 1.54) is 18.2 Å². The smallest absolute Gasteiger partial charge is 0.260 e. The SMILES string of the molecule is O=C(COc1ccccc1F)N1CCN(C(=O)Cc2ccccc2F)CC1. The number of hydrogen-bond donors (Lipinski definition) is 0. The molecule has 142 valence electrons. The van der Waals surface area contributed by atoms with Gasteiger partial charge in [0.2, 0.25) is 5.91 Å². The molecule has 0 bridgehead atoms. The fourth-order valence-corrected chi connectivity index (χ4v) is 2.91. The van der Waals surface area contributed by atoms with Gasteiger partial charge in [0.05, 0.1) is 6.42 Å². The van der Waals surface area contributed by atoms with E-state index in [0.717, 1.165) is 0 Å². The summed E-state index contributed by atoms with van der Waals surface area (Å²) in [4.78, 5) is 27.8. The van der Waals surface area contributed by atoms with Gasteiger partial charge < -0.3 is 14.5 Å². The van der Waals surface area contributed by atoms with Crippen molar-refractivity contribution >= 4 is 11.8 Å². The molecule has 0 N–H and O–H groups in total. The summed E-state index contributed by atoms with van der Waals surface area (Å²) in [5.74, 6) is -1.32. The number of amides is 2. The van der Waals surface area contributed by atoms with E-state index in [1.807, 2.05) is 0 Å². The second kappa shape index (κ2) is 8.62. The molecule has 1 aliphatic rings. The summed E-state index contributed by atoms with van der Waals surface area (Å²) in [6, 6.07) is 12.1. The van der Waals surface area contributed by atoms with Crippen molar-refractivity contribution in [2.24, 2.45) is 0 Å². The van der Waals surface area contributed by atoms with E-state index in [1.54, 1.807) is 40.1 Å². The highest BCUT2D eigenvalue weighted by Crippen LogP contribution is 2.16. The highest BCUT2D eigenvalue weighted by atomic mass is 19.1. The summed E-state index contributed by atoms with van der Waals surface area (Å²) in [6.45, 7) is 1.21. The van der Waals surface area contributed by atoms with Crippen LogP contribution in [-0.2, 0) is 16.0 Å². The van der Waals surface area contributed by atoms with Crippen LogP contribution in [0.2, 0.25) is 0 Å². The first-order valence-corrected chi connectivity index (χ1v) is 8.71. The highest BCUT2D eigenvalue weighted by Gasteiger charge is 2.25. The van der Waals surface area contributed by atoms with Crippen LogP contribution in [0.4, 0.5) is 8.78 Å². The van der Waals surface area contributed by atoms with Gasteiger partial charge in [-0.1, -0.05) is 30.3 Å². The van der Waals surface area contributed by atoms with Gasteiger partial charge in [-0.3, -0.25) is 9.59 Å². The number of para-hydroxylation sites is 1. The fraction of sp³-hybridized carbons (Fsp3) is 0.300. The number of nitrogens with zero attached hydrogens (tertiary/aromatic N) is 2. The number of ether oxygens (including phenoxy) is 1. The van der Waals surface area contributed by atoms with Crippen LogP contribution in [0.5, 0.6) is 5.75 Å². The Balaban J connectivity index is 1.47. The molecule has 0 aromatic heterocycles. The summed E-state index contributed by atoms with van der Waals surface area (Å²) in [6.07, 6.45) is -0.00296. The van der Waals surface area contributed by atoms with E-state index in [-0.39, 0.29) is 30.6 Å². The summed E-state index contributed by atoms with van der Waals surface area (Å²) in [7, 11) is 0. The Labute approximate surface area is 156 Å². The monoisotopic (exact) mass is 374 g/mol. The number of benzene rings is 2. The van der Waals surface area contributed by atoms with Crippen LogP contribution >= 0.6 is 0 Å². The van der Waals surface area contributed by atoms with Crippen LogP contribution in [0.3, 0.4) is 0 Å². The average molecular weight is 374 g/mol. The lowest BCUT2D eigenvalue weighted by atomic mass is 10.1. The molecule has 0 saturated carbocycles. The Kier molecular flexibility index (Phi) is 6.01. The molecule has 27 heavy (non-hydrogen) atoms. The molecule has 0 spiro atoms. The van der Waals surface area contributed by atoms with E-state index in [4.69, 9.17) is 4.74 Å². The van der Waals surface area contributed by atoms with Crippen molar-refractivity contribution in [1.82, 2.24) is 9.80 Å². The van der Waals surface area contributed by atoms with Gasteiger partial charge in [-0.15, -0.1) is 0 Å². The second-order valence-electron chi connectivity index (χ2n) is 6.25. The Morgan fingerprint density at radius 3 is 2.00 bits per heavy atom. The first-order chi connectivity index (χ1) is 13.0. The minimum atomic E-state index is -0.520. The lowest BCUT2D eigenvalue weighted by Gasteiger charge is -2.34. The van der Waals surface area contributed by atoms with Gasteiger partial charge in [0.1, 0.15) is 5.82 Å². The van der Waals surface area contributed by atoms with Crippen LogP contribution < -0.4 is 4.74 Å². The van der Waals surface area contributed by atoms with Crippen LogP contribution in [0.1, 0.15) is 5.56 Å². The summed E-state index contributed by atoms with van der Waals surface area (Å²) in [5.41, 5.74) is 0.360. The van der Waals surface area contributed by atoms with Gasteiger partial charge in [0, 0.05) is 26.2 Å². The van der Waals surface area contributed by atoms with Crippen molar-refractivity contribution in [3.8, 4) is 5.75 Å². The second-order valence-corrected chi connectivity index (χ2v) is 6.25. The van der Waals surface area contributed by atoms with Crippen molar-refractivity contribution < 1.29 is 23.1 Å². The van der Waals surface area contributed by atoms with Crippen LogP contribution in [0.15, 0.2) is 48.5 Å². The zero-order chi connectivity index (χ0) is 19.2. The van der Waals surface area contributed by atoms with Crippen LogP contribution in [0.25, 0.3) is 0 Å². The molecule has 1 heterocycles. The zero-order valence-corrected chi connectivity index (χ0v) is 14.7. The largest absolute Gasteiger partial charge is 0.481 e. The maximum absolute atomic E-state index is 13.7. The number of carbonyl (C=O) groups is 2. The van der Waals surface area contributed by atoms with Gasteiger partial charge >= 0.3 is 0 Å². The average Bonchev–Trinajstić information content (AvgIpc) is 2.69. The molecule has 2 aromatic rings. The zero-order valence-electron chi connectivity index (χ0n) is 14.7. The third-order valence-corrected chi connectivity index (χ3v) is 4.47. The quantitative estimate of drug-likeness (QED) is 0.807. The van der Waals surface area contributed by atoms with Crippen molar-refractivity contribution in [2.75, 3.05) is 32.8 Å². The van der Waals surface area contributed by atoms with E-state index in [0.29, 0.717) is 31.7 Å². The third kappa shape index (κ3) is 4.81. The third-order valence-electron chi connectivity index (χ3n) is 4.47. The van der Waals surface area contributed by atoms with E-state index < -0.39 is 11.6 Å². The molecular formula is C20H20F2N2O3. The van der Waals surface area contributed by atoms with Crippen molar-refractivity contribution in [3.05, 3.63) is 65.7 Å². The standard InChI is InChI=1S/C20H20F2N2O3/c21-16-6-2-1-5-15(16)13-19(25)23-9-11-24(12-10-23)20(26)14-27-18-8-4-3-7-17(18)22/h1-8H,9-14H2. The number of hydrogen-bond acceptors (Lipinski definition) is 3. The normalized spacial score (nSPS) is 14.1. The van der Waals surface area contributed by atoms with Crippen molar-refractivity contribution in [1.29, 1.82) is 0 Å². The van der Waals surface area contributed by atoms with Crippen LogP contribution in [0, 0.1) is 11.6 Å². The Morgan fingerprint density at radius 1 is 0.815 bits per heavy atom. The number of carbonyl (C=O) groups excluding carboxylic acids is 2. The van der Waals surface area contributed by atoms with Gasteiger partial charge in [0.25, 0.3) is 5.91 Å². The number of halogens is 2. The van der Waals surface area contributed by atoms with Gasteiger partial charge in [-0.25, -0.2) is 8.78 Å². The fourth-order valence-electron chi connectivity index (χ4n) is 2.91. The molecule has 2 aromatic carbocycles.